The van der Waals surface area contributed by atoms with Crippen LogP contribution in [-0.4, -0.2) is 6.54 Å². The fourth-order valence-electron chi connectivity index (χ4n) is 6.48. The van der Waals surface area contributed by atoms with Crippen LogP contribution < -0.4 is 5.32 Å². The van der Waals surface area contributed by atoms with E-state index in [0.717, 1.165) is 13.0 Å². The highest BCUT2D eigenvalue weighted by atomic mass is 14.9. The van der Waals surface area contributed by atoms with E-state index in [0.29, 0.717) is 17.9 Å². The third-order valence-electron chi connectivity index (χ3n) is 8.14. The third kappa shape index (κ3) is 4.13. The third-order valence-corrected chi connectivity index (χ3v) is 8.14. The van der Waals surface area contributed by atoms with Crippen LogP contribution in [0.4, 0.5) is 0 Å². The highest BCUT2D eigenvalue weighted by Crippen LogP contribution is 2.58. The van der Waals surface area contributed by atoms with Crippen molar-refractivity contribution in [3.63, 3.8) is 0 Å². The lowest BCUT2D eigenvalue weighted by molar-refractivity contribution is 0.382. The Morgan fingerprint density at radius 1 is 0.714 bits per heavy atom. The summed E-state index contributed by atoms with van der Waals surface area (Å²) in [5.74, 6) is 1.04. The van der Waals surface area contributed by atoms with E-state index in [9.17, 15) is 0 Å². The van der Waals surface area contributed by atoms with Crippen LogP contribution >= 0.6 is 0 Å². The van der Waals surface area contributed by atoms with Crippen molar-refractivity contribution < 1.29 is 0 Å². The molecular formula is C34H35N. The SMILES string of the molecule is CCCCCCN[C@H]1c2cc3ccccc3cc2[C@H]2C(c3ccccc3-c3ccccc3)=CC[C@H]21. The van der Waals surface area contributed by atoms with Crippen molar-refractivity contribution in [2.75, 3.05) is 6.54 Å². The van der Waals surface area contributed by atoms with E-state index in [1.165, 1.54) is 69.8 Å². The lowest BCUT2D eigenvalue weighted by atomic mass is 9.83. The molecule has 2 aliphatic rings. The number of allylic oxidation sites excluding steroid dienone is 2. The summed E-state index contributed by atoms with van der Waals surface area (Å²) >= 11 is 0. The Morgan fingerprint density at radius 3 is 2.17 bits per heavy atom. The average molecular weight is 458 g/mol. The Labute approximate surface area is 209 Å². The standard InChI is InChI=1S/C34H35N/c1-2-3-4-12-21-35-34-30-20-19-29(28-18-11-10-17-27(28)24-13-6-5-7-14-24)33(30)31-22-25-15-8-9-16-26(25)23-32(31)34/h5-11,13-19,22-23,30,33-35H,2-4,12,20-21H2,1H3/t30-,33+,34-/m1/s1. The van der Waals surface area contributed by atoms with Gasteiger partial charge in [-0.05, 0) is 75.5 Å². The van der Waals surface area contributed by atoms with Crippen molar-refractivity contribution in [2.24, 2.45) is 5.92 Å². The van der Waals surface area contributed by atoms with Crippen molar-refractivity contribution in [2.45, 2.75) is 51.0 Å². The fraction of sp³-hybridized carbons (Fsp3) is 0.294. The first-order valence-electron chi connectivity index (χ1n) is 13.5. The summed E-state index contributed by atoms with van der Waals surface area (Å²) in [5.41, 5.74) is 8.62. The summed E-state index contributed by atoms with van der Waals surface area (Å²) in [5, 5.41) is 6.74. The van der Waals surface area contributed by atoms with Gasteiger partial charge in [-0.15, -0.1) is 0 Å². The Morgan fingerprint density at radius 2 is 1.40 bits per heavy atom. The van der Waals surface area contributed by atoms with Crippen LogP contribution in [0.2, 0.25) is 0 Å². The minimum Gasteiger partial charge on any atom is -0.310 e. The van der Waals surface area contributed by atoms with Gasteiger partial charge in [-0.1, -0.05) is 117 Å². The summed E-state index contributed by atoms with van der Waals surface area (Å²) in [7, 11) is 0. The Hall–Kier alpha value is -3.16. The van der Waals surface area contributed by atoms with Gasteiger partial charge in [0, 0.05) is 12.0 Å². The minimum absolute atomic E-state index is 0.430. The number of fused-ring (bicyclic) bond motifs is 4. The summed E-state index contributed by atoms with van der Waals surface area (Å²) in [6.45, 7) is 3.39. The first-order valence-corrected chi connectivity index (χ1v) is 13.5. The lowest BCUT2D eigenvalue weighted by Gasteiger charge is -2.23. The van der Waals surface area contributed by atoms with Crippen LogP contribution in [0.5, 0.6) is 0 Å². The molecule has 176 valence electrons. The molecule has 4 aromatic carbocycles. The molecule has 4 aromatic rings. The molecule has 3 atom stereocenters. The van der Waals surface area contributed by atoms with Crippen LogP contribution in [0.1, 0.15) is 67.7 Å². The highest BCUT2D eigenvalue weighted by molar-refractivity contribution is 5.90. The van der Waals surface area contributed by atoms with Gasteiger partial charge in [-0.25, -0.2) is 0 Å². The van der Waals surface area contributed by atoms with Crippen molar-refractivity contribution in [1.82, 2.24) is 5.32 Å². The van der Waals surface area contributed by atoms with E-state index >= 15 is 0 Å². The van der Waals surface area contributed by atoms with Crippen LogP contribution in [0.15, 0.2) is 97.1 Å². The molecule has 1 N–H and O–H groups in total. The second-order valence-electron chi connectivity index (χ2n) is 10.3. The molecule has 0 aliphatic heterocycles. The molecule has 6 rings (SSSR count). The maximum atomic E-state index is 4.02. The van der Waals surface area contributed by atoms with Gasteiger partial charge >= 0.3 is 0 Å². The van der Waals surface area contributed by atoms with Crippen LogP contribution in [-0.2, 0) is 0 Å². The van der Waals surface area contributed by atoms with Gasteiger partial charge in [0.25, 0.3) is 0 Å². The highest BCUT2D eigenvalue weighted by Gasteiger charge is 2.45. The van der Waals surface area contributed by atoms with E-state index in [4.69, 9.17) is 0 Å². The second kappa shape index (κ2) is 9.84. The molecule has 0 saturated carbocycles. The molecule has 0 saturated heterocycles. The van der Waals surface area contributed by atoms with Crippen LogP contribution in [0.25, 0.3) is 27.5 Å². The Kier molecular flexibility index (Phi) is 6.27. The molecular weight excluding hydrogens is 422 g/mol. The molecule has 1 nitrogen and oxygen atoms in total. The zero-order chi connectivity index (χ0) is 23.6. The summed E-state index contributed by atoms with van der Waals surface area (Å²) in [6.07, 6.45) is 8.89. The van der Waals surface area contributed by atoms with Gasteiger partial charge in [0.2, 0.25) is 0 Å². The van der Waals surface area contributed by atoms with Crippen molar-refractivity contribution in [3.8, 4) is 11.1 Å². The number of hydrogen-bond acceptors (Lipinski definition) is 1. The number of benzene rings is 4. The van der Waals surface area contributed by atoms with Gasteiger partial charge in [-0.2, -0.15) is 0 Å². The van der Waals surface area contributed by atoms with Gasteiger partial charge in [0.1, 0.15) is 0 Å². The number of nitrogens with one attached hydrogen (secondary N) is 1. The van der Waals surface area contributed by atoms with Gasteiger partial charge in [0.05, 0.1) is 0 Å². The fourth-order valence-corrected chi connectivity index (χ4v) is 6.48. The summed E-state index contributed by atoms with van der Waals surface area (Å²) in [4.78, 5) is 0. The topological polar surface area (TPSA) is 12.0 Å². The number of rotatable bonds is 8. The molecule has 0 amide bonds. The molecule has 0 spiro atoms. The summed E-state index contributed by atoms with van der Waals surface area (Å²) < 4.78 is 0. The Bertz CT molecular complexity index is 1350. The predicted octanol–water partition coefficient (Wildman–Crippen LogP) is 8.92. The van der Waals surface area contributed by atoms with Crippen molar-refractivity contribution >= 4 is 16.3 Å². The predicted molar refractivity (Wildman–Crippen MR) is 150 cm³/mol. The molecule has 0 heterocycles. The molecule has 0 unspecified atom stereocenters. The molecule has 35 heavy (non-hydrogen) atoms. The molecule has 2 aliphatic carbocycles. The van der Waals surface area contributed by atoms with Crippen LogP contribution in [0.3, 0.4) is 0 Å². The molecule has 0 fully saturated rings. The van der Waals surface area contributed by atoms with Gasteiger partial charge in [-0.3, -0.25) is 0 Å². The zero-order valence-corrected chi connectivity index (χ0v) is 20.7. The molecule has 0 aromatic heterocycles. The van der Waals surface area contributed by atoms with Gasteiger partial charge in [0.15, 0.2) is 0 Å². The quantitative estimate of drug-likeness (QED) is 0.260. The average Bonchev–Trinajstić information content (AvgIpc) is 3.46. The Balaban J connectivity index is 1.40. The first-order chi connectivity index (χ1) is 17.3. The van der Waals surface area contributed by atoms with E-state index in [1.807, 2.05) is 0 Å². The number of hydrogen-bond donors (Lipinski definition) is 1. The largest absolute Gasteiger partial charge is 0.310 e. The molecule has 0 radical (unpaired) electrons. The smallest absolute Gasteiger partial charge is 0.0363 e. The monoisotopic (exact) mass is 457 g/mol. The normalized spacial score (nSPS) is 20.6. The summed E-state index contributed by atoms with van der Waals surface area (Å²) in [6, 6.07) is 34.2. The molecule has 1 heteroatoms. The van der Waals surface area contributed by atoms with E-state index < -0.39 is 0 Å². The minimum atomic E-state index is 0.430. The van der Waals surface area contributed by atoms with Gasteiger partial charge < -0.3 is 5.32 Å². The zero-order valence-electron chi connectivity index (χ0n) is 20.7. The van der Waals surface area contributed by atoms with Crippen LogP contribution in [0, 0.1) is 5.92 Å². The second-order valence-corrected chi connectivity index (χ2v) is 10.3. The van der Waals surface area contributed by atoms with Crippen molar-refractivity contribution in [1.29, 1.82) is 0 Å². The van der Waals surface area contributed by atoms with E-state index in [-0.39, 0.29) is 0 Å². The van der Waals surface area contributed by atoms with E-state index in [2.05, 4.69) is 109 Å². The number of unbranched alkanes of at least 4 members (excludes halogenated alkanes) is 3. The van der Waals surface area contributed by atoms with E-state index in [1.54, 1.807) is 0 Å². The first kappa shape index (κ1) is 22.3. The van der Waals surface area contributed by atoms with Crippen molar-refractivity contribution in [3.05, 3.63) is 114 Å². The lowest BCUT2D eigenvalue weighted by Crippen LogP contribution is -2.26. The maximum Gasteiger partial charge on any atom is 0.0363 e. The molecule has 0 bridgehead atoms. The maximum absolute atomic E-state index is 4.02.